The van der Waals surface area contributed by atoms with E-state index in [1.165, 1.54) is 4.31 Å². The molecule has 2 saturated heterocycles. The molecule has 1 saturated carbocycles. The summed E-state index contributed by atoms with van der Waals surface area (Å²) in [5, 5.41) is 13.1. The number of hydrogen-bond acceptors (Lipinski definition) is 5. The summed E-state index contributed by atoms with van der Waals surface area (Å²) >= 11 is 0. The van der Waals surface area contributed by atoms with E-state index >= 15 is 0 Å². The van der Waals surface area contributed by atoms with Gasteiger partial charge >= 0.3 is 166 Å². The molecule has 0 spiro atoms. The van der Waals surface area contributed by atoms with Crippen molar-refractivity contribution in [2.45, 2.75) is 36.8 Å². The minimum atomic E-state index is -3.80. The molecule has 1 aromatic rings. The van der Waals surface area contributed by atoms with Gasteiger partial charge in [-0.15, -0.1) is 0 Å². The quantitative estimate of drug-likeness (QED) is 0.564. The predicted molar refractivity (Wildman–Crippen MR) is 106 cm³/mol. The summed E-state index contributed by atoms with van der Waals surface area (Å²) in [6, 6.07) is 3.55. The summed E-state index contributed by atoms with van der Waals surface area (Å²) in [6.07, 6.45) is 2.87. The van der Waals surface area contributed by atoms with Crippen LogP contribution in [0.4, 0.5) is 0 Å². The first-order chi connectivity index (χ1) is 13.3. The molecule has 3 heterocycles. The molecular formula is C18H27BN4O4S. The summed E-state index contributed by atoms with van der Waals surface area (Å²) < 4.78 is 30.0. The number of carboxylic acid groups (broad SMARTS) is 1. The van der Waals surface area contributed by atoms with Crippen LogP contribution in [-0.4, -0.2) is 79.3 Å². The normalized spacial score (nSPS) is 31.4. The molecule has 8 nitrogen and oxygen atoms in total. The maximum atomic E-state index is 13.5. The van der Waals surface area contributed by atoms with Crippen molar-refractivity contribution in [3.05, 3.63) is 29.6 Å². The Hall–Kier alpha value is -1.33. The molecule has 3 fully saturated rings. The van der Waals surface area contributed by atoms with Crippen molar-refractivity contribution >= 4 is 23.1 Å². The SMILES string of the molecule is N[C@@]1(C(=O)O)CN(S(=O)(=O)N(CC2CC2)[C@H]2CCNC2)C[C@@H]1c1cbccc1. The third-order valence-electron chi connectivity index (χ3n) is 6.25. The van der Waals surface area contributed by atoms with Gasteiger partial charge in [0.15, 0.2) is 0 Å². The van der Waals surface area contributed by atoms with Gasteiger partial charge in [-0.25, -0.2) is 0 Å². The van der Waals surface area contributed by atoms with Crippen molar-refractivity contribution in [1.29, 1.82) is 0 Å². The molecule has 3 aliphatic rings. The van der Waals surface area contributed by atoms with E-state index in [1.54, 1.807) is 4.31 Å². The van der Waals surface area contributed by atoms with Crippen LogP contribution in [0.2, 0.25) is 0 Å². The van der Waals surface area contributed by atoms with Crippen molar-refractivity contribution < 1.29 is 18.3 Å². The van der Waals surface area contributed by atoms with E-state index in [1.807, 2.05) is 31.0 Å². The van der Waals surface area contributed by atoms with E-state index in [2.05, 4.69) is 5.32 Å². The van der Waals surface area contributed by atoms with Gasteiger partial charge in [-0.3, -0.25) is 0 Å². The Kier molecular flexibility index (Phi) is 5.34. The Balaban J connectivity index is 1.64. The van der Waals surface area contributed by atoms with Gasteiger partial charge < -0.3 is 0 Å². The topological polar surface area (TPSA) is 116 Å². The molecule has 0 unspecified atom stereocenters. The van der Waals surface area contributed by atoms with Crippen molar-refractivity contribution in [2.75, 3.05) is 32.7 Å². The molecule has 2 aliphatic heterocycles. The summed E-state index contributed by atoms with van der Waals surface area (Å²) in [5.74, 6) is 2.30. The van der Waals surface area contributed by atoms with E-state index in [-0.39, 0.29) is 19.1 Å². The molecule has 1 aromatic heterocycles. The molecule has 1 aliphatic carbocycles. The number of nitrogens with zero attached hydrogens (tertiary/aromatic N) is 2. The third-order valence-corrected chi connectivity index (χ3v) is 8.22. The Morgan fingerprint density at radius 1 is 1.43 bits per heavy atom. The van der Waals surface area contributed by atoms with Crippen molar-refractivity contribution in [3.63, 3.8) is 0 Å². The van der Waals surface area contributed by atoms with Crippen LogP contribution in [0, 0.1) is 5.92 Å². The first-order valence-electron chi connectivity index (χ1n) is 9.87. The maximum absolute atomic E-state index is 13.5. The average Bonchev–Trinajstić information content (AvgIpc) is 3.18. The molecule has 3 atom stereocenters. The molecule has 4 N–H and O–H groups in total. The molecule has 4 rings (SSSR count). The average molecular weight is 406 g/mol. The zero-order chi connectivity index (χ0) is 19.9. The number of nitrogens with one attached hydrogen (secondary N) is 1. The fraction of sp³-hybridized carbons (Fsp3) is 0.667. The fourth-order valence-electron chi connectivity index (χ4n) is 4.33. The standard InChI is InChI=1S/C18H27BN4O4S/c20-18(17(24)25)12-22(11-16(18)14-2-1-6-19-8-14)28(26,27)23(10-13-3-4-13)15-5-7-21-9-15/h1-2,6,8,13,15-16,21H,3-5,7,9-12,20H2,(H,24,25)/t15-,16+,18-/m0/s1. The van der Waals surface area contributed by atoms with Crippen LogP contribution in [0.25, 0.3) is 0 Å². The van der Waals surface area contributed by atoms with Crippen LogP contribution in [0.15, 0.2) is 24.1 Å². The second kappa shape index (κ2) is 7.49. The van der Waals surface area contributed by atoms with E-state index in [0.29, 0.717) is 19.0 Å². The molecule has 0 amide bonds. The fourth-order valence-corrected chi connectivity index (χ4v) is 6.30. The van der Waals surface area contributed by atoms with Gasteiger partial charge in [-0.2, -0.15) is 0 Å². The van der Waals surface area contributed by atoms with E-state index in [0.717, 1.165) is 31.4 Å². The van der Waals surface area contributed by atoms with Crippen LogP contribution >= 0.6 is 0 Å². The molecule has 0 radical (unpaired) electrons. The molecule has 0 bridgehead atoms. The number of aliphatic carboxylic acids is 1. The number of nitrogens with two attached hydrogens (primary N) is 1. The zero-order valence-electron chi connectivity index (χ0n) is 15.8. The molecule has 10 heteroatoms. The Morgan fingerprint density at radius 3 is 2.79 bits per heavy atom. The second-order valence-electron chi connectivity index (χ2n) is 8.27. The van der Waals surface area contributed by atoms with Crippen LogP contribution in [0.1, 0.15) is 30.7 Å². The van der Waals surface area contributed by atoms with Crippen molar-refractivity contribution in [3.8, 4) is 0 Å². The van der Waals surface area contributed by atoms with Gasteiger partial charge in [-0.1, -0.05) is 0 Å². The Morgan fingerprint density at radius 2 is 2.21 bits per heavy atom. The summed E-state index contributed by atoms with van der Waals surface area (Å²) in [5.41, 5.74) is 5.40. The van der Waals surface area contributed by atoms with Gasteiger partial charge in [0.05, 0.1) is 0 Å². The molecular weight excluding hydrogens is 379 g/mol. The predicted octanol–water partition coefficient (Wildman–Crippen LogP) is -0.475. The number of carbonyl (C=O) groups is 1. The minimum absolute atomic E-state index is 0.0798. The summed E-state index contributed by atoms with van der Waals surface area (Å²) in [6.45, 7) is 3.62. The van der Waals surface area contributed by atoms with E-state index < -0.39 is 27.6 Å². The van der Waals surface area contributed by atoms with Crippen molar-refractivity contribution in [2.24, 2.45) is 11.7 Å². The number of carboxylic acids is 1. The Bertz CT molecular complexity index is 829. The number of hydrogen-bond donors (Lipinski definition) is 3. The number of rotatable bonds is 7. The van der Waals surface area contributed by atoms with Gasteiger partial charge in [0.2, 0.25) is 0 Å². The van der Waals surface area contributed by atoms with E-state index in [4.69, 9.17) is 5.73 Å². The molecule has 28 heavy (non-hydrogen) atoms. The van der Waals surface area contributed by atoms with Gasteiger partial charge in [0.25, 0.3) is 0 Å². The summed E-state index contributed by atoms with van der Waals surface area (Å²) in [7, 11) is -3.80. The van der Waals surface area contributed by atoms with Gasteiger partial charge in [0.1, 0.15) is 0 Å². The zero-order valence-corrected chi connectivity index (χ0v) is 16.6. The van der Waals surface area contributed by atoms with Crippen LogP contribution in [-0.2, 0) is 15.0 Å². The van der Waals surface area contributed by atoms with Gasteiger partial charge in [-0.05, 0) is 0 Å². The Labute approximate surface area is 166 Å². The van der Waals surface area contributed by atoms with Crippen LogP contribution < -0.4 is 11.1 Å². The third kappa shape index (κ3) is 3.64. The van der Waals surface area contributed by atoms with Crippen LogP contribution in [0.3, 0.4) is 0 Å². The van der Waals surface area contributed by atoms with Crippen LogP contribution in [0.5, 0.6) is 0 Å². The summed E-state index contributed by atoms with van der Waals surface area (Å²) in [4.78, 5) is 12.0. The van der Waals surface area contributed by atoms with Crippen molar-refractivity contribution in [1.82, 2.24) is 13.9 Å². The van der Waals surface area contributed by atoms with E-state index in [9.17, 15) is 18.3 Å². The monoisotopic (exact) mass is 406 g/mol. The second-order valence-corrected chi connectivity index (χ2v) is 10.1. The molecule has 0 aromatic carbocycles. The van der Waals surface area contributed by atoms with Gasteiger partial charge in [0, 0.05) is 0 Å². The first-order valence-corrected chi connectivity index (χ1v) is 11.3. The molecule has 152 valence electrons. The first kappa shape index (κ1) is 20.0.